The van der Waals surface area contributed by atoms with Crippen molar-refractivity contribution in [3.05, 3.63) is 112 Å². The summed E-state index contributed by atoms with van der Waals surface area (Å²) in [6.07, 6.45) is 1.37. The Labute approximate surface area is 200 Å². The van der Waals surface area contributed by atoms with Crippen molar-refractivity contribution in [2.24, 2.45) is 5.10 Å². The Bertz CT molecular complexity index is 1420. The zero-order valence-corrected chi connectivity index (χ0v) is 18.4. The number of nitro groups is 1. The quantitative estimate of drug-likeness (QED) is 0.129. The van der Waals surface area contributed by atoms with Gasteiger partial charge in [0.15, 0.2) is 0 Å². The van der Waals surface area contributed by atoms with Crippen molar-refractivity contribution in [3.8, 4) is 5.75 Å². The SMILES string of the molecule is O=C(CNc1ccc2ccccc2c1)N/N=C/c1ccccc1OC(=O)c1ccc([N+](=O)[O-])cc1. The number of hydrogen-bond donors (Lipinski definition) is 2. The molecule has 4 aromatic carbocycles. The Balaban J connectivity index is 1.33. The van der Waals surface area contributed by atoms with E-state index in [2.05, 4.69) is 15.8 Å². The highest BCUT2D eigenvalue weighted by atomic mass is 16.6. The third kappa shape index (κ3) is 6.05. The molecule has 4 aromatic rings. The second kappa shape index (κ2) is 10.7. The summed E-state index contributed by atoms with van der Waals surface area (Å²) in [5.41, 5.74) is 3.74. The summed E-state index contributed by atoms with van der Waals surface area (Å²) in [5, 5.41) is 19.9. The van der Waals surface area contributed by atoms with Gasteiger partial charge in [-0.1, -0.05) is 42.5 Å². The number of fused-ring (bicyclic) bond motifs is 1. The van der Waals surface area contributed by atoms with Gasteiger partial charge >= 0.3 is 5.97 Å². The van der Waals surface area contributed by atoms with Crippen molar-refractivity contribution >= 4 is 40.2 Å². The second-order valence-corrected chi connectivity index (χ2v) is 7.44. The minimum Gasteiger partial charge on any atom is -0.422 e. The number of nitrogens with zero attached hydrogens (tertiary/aromatic N) is 2. The third-order valence-electron chi connectivity index (χ3n) is 5.03. The van der Waals surface area contributed by atoms with Gasteiger partial charge in [-0.25, -0.2) is 10.2 Å². The summed E-state index contributed by atoms with van der Waals surface area (Å²) in [6.45, 7) is 0.0203. The van der Waals surface area contributed by atoms with Gasteiger partial charge < -0.3 is 10.1 Å². The number of ether oxygens (including phenoxy) is 1. The predicted molar refractivity (Wildman–Crippen MR) is 133 cm³/mol. The molecule has 1 amide bonds. The standard InChI is InChI=1S/C26H20N4O5/c31-25(17-27-22-12-9-18-5-1-2-6-20(18)15-22)29-28-16-21-7-3-4-8-24(21)35-26(32)19-10-13-23(14-11-19)30(33)34/h1-16,27H,17H2,(H,29,31)/b28-16+. The highest BCUT2D eigenvalue weighted by Crippen LogP contribution is 2.20. The molecule has 0 saturated heterocycles. The van der Waals surface area contributed by atoms with Crippen LogP contribution in [0.1, 0.15) is 15.9 Å². The average Bonchev–Trinajstić information content (AvgIpc) is 2.88. The van der Waals surface area contributed by atoms with Gasteiger partial charge in [-0.05, 0) is 47.2 Å². The number of esters is 1. The van der Waals surface area contributed by atoms with Gasteiger partial charge in [-0.15, -0.1) is 0 Å². The number of rotatable bonds is 8. The summed E-state index contributed by atoms with van der Waals surface area (Å²) in [4.78, 5) is 34.8. The topological polar surface area (TPSA) is 123 Å². The fourth-order valence-electron chi connectivity index (χ4n) is 3.25. The molecule has 0 aliphatic heterocycles. The van der Waals surface area contributed by atoms with Crippen LogP contribution in [0.15, 0.2) is 96.1 Å². The molecule has 2 N–H and O–H groups in total. The average molecular weight is 468 g/mol. The molecule has 174 valence electrons. The van der Waals surface area contributed by atoms with Crippen molar-refractivity contribution in [1.82, 2.24) is 5.43 Å². The monoisotopic (exact) mass is 468 g/mol. The van der Waals surface area contributed by atoms with E-state index >= 15 is 0 Å². The Morgan fingerprint density at radius 2 is 1.63 bits per heavy atom. The first kappa shape index (κ1) is 23.1. The van der Waals surface area contributed by atoms with Crippen LogP contribution in [0.4, 0.5) is 11.4 Å². The van der Waals surface area contributed by atoms with Gasteiger partial charge in [0.1, 0.15) is 5.75 Å². The van der Waals surface area contributed by atoms with E-state index in [1.54, 1.807) is 24.3 Å². The summed E-state index contributed by atoms with van der Waals surface area (Å²) >= 11 is 0. The molecule has 0 unspecified atom stereocenters. The maximum absolute atomic E-state index is 12.4. The molecule has 0 spiro atoms. The van der Waals surface area contributed by atoms with Crippen LogP contribution < -0.4 is 15.5 Å². The van der Waals surface area contributed by atoms with E-state index in [1.165, 1.54) is 30.5 Å². The van der Waals surface area contributed by atoms with Gasteiger partial charge in [0.2, 0.25) is 0 Å². The van der Waals surface area contributed by atoms with Crippen molar-refractivity contribution in [1.29, 1.82) is 0 Å². The van der Waals surface area contributed by atoms with Crippen molar-refractivity contribution in [2.45, 2.75) is 0 Å². The molecular formula is C26H20N4O5. The molecule has 0 radical (unpaired) electrons. The van der Waals surface area contributed by atoms with Crippen LogP contribution in [0.25, 0.3) is 10.8 Å². The number of nitrogens with one attached hydrogen (secondary N) is 2. The zero-order valence-electron chi connectivity index (χ0n) is 18.4. The molecule has 0 aliphatic carbocycles. The van der Waals surface area contributed by atoms with E-state index in [0.717, 1.165) is 16.5 Å². The number of hydrazone groups is 1. The molecular weight excluding hydrogens is 448 g/mol. The Morgan fingerprint density at radius 3 is 2.40 bits per heavy atom. The summed E-state index contributed by atoms with van der Waals surface area (Å²) in [5.74, 6) is -0.803. The molecule has 0 atom stereocenters. The first-order valence-electron chi connectivity index (χ1n) is 10.6. The van der Waals surface area contributed by atoms with E-state index in [9.17, 15) is 19.7 Å². The molecule has 9 heteroatoms. The summed E-state index contributed by atoms with van der Waals surface area (Å²) in [6, 6.07) is 25.5. The van der Waals surface area contributed by atoms with Crippen LogP contribution in [0.5, 0.6) is 5.75 Å². The van der Waals surface area contributed by atoms with E-state index in [4.69, 9.17) is 4.74 Å². The van der Waals surface area contributed by atoms with Crippen molar-refractivity contribution in [2.75, 3.05) is 11.9 Å². The number of anilines is 1. The molecule has 0 heterocycles. The smallest absolute Gasteiger partial charge is 0.343 e. The van der Waals surface area contributed by atoms with E-state index in [-0.39, 0.29) is 29.5 Å². The maximum Gasteiger partial charge on any atom is 0.343 e. The van der Waals surface area contributed by atoms with Gasteiger partial charge in [-0.3, -0.25) is 14.9 Å². The number of carbonyl (C=O) groups is 2. The van der Waals surface area contributed by atoms with E-state index in [1.807, 2.05) is 42.5 Å². The predicted octanol–water partition coefficient (Wildman–Crippen LogP) is 4.53. The Kier molecular flexibility index (Phi) is 7.08. The van der Waals surface area contributed by atoms with Crippen LogP contribution in [0, 0.1) is 10.1 Å². The normalized spacial score (nSPS) is 10.7. The minimum atomic E-state index is -0.677. The summed E-state index contributed by atoms with van der Waals surface area (Å²) < 4.78 is 5.40. The van der Waals surface area contributed by atoms with Gasteiger partial charge in [-0.2, -0.15) is 5.10 Å². The lowest BCUT2D eigenvalue weighted by molar-refractivity contribution is -0.384. The van der Waals surface area contributed by atoms with Gasteiger partial charge in [0, 0.05) is 23.4 Å². The van der Waals surface area contributed by atoms with E-state index < -0.39 is 10.9 Å². The molecule has 0 fully saturated rings. The van der Waals surface area contributed by atoms with E-state index in [0.29, 0.717) is 5.56 Å². The van der Waals surface area contributed by atoms with Crippen molar-refractivity contribution in [3.63, 3.8) is 0 Å². The first-order valence-corrected chi connectivity index (χ1v) is 10.6. The highest BCUT2D eigenvalue weighted by molar-refractivity contribution is 5.93. The van der Waals surface area contributed by atoms with Crippen molar-refractivity contribution < 1.29 is 19.2 Å². The van der Waals surface area contributed by atoms with Gasteiger partial charge in [0.25, 0.3) is 11.6 Å². The molecule has 0 saturated carbocycles. The van der Waals surface area contributed by atoms with Crippen LogP contribution in [0.3, 0.4) is 0 Å². The number of non-ortho nitro benzene ring substituents is 1. The highest BCUT2D eigenvalue weighted by Gasteiger charge is 2.13. The van der Waals surface area contributed by atoms with Crippen LogP contribution in [-0.2, 0) is 4.79 Å². The lowest BCUT2D eigenvalue weighted by atomic mass is 10.1. The number of benzene rings is 4. The second-order valence-electron chi connectivity index (χ2n) is 7.44. The first-order chi connectivity index (χ1) is 17.0. The van der Waals surface area contributed by atoms with Crippen LogP contribution in [-0.4, -0.2) is 29.6 Å². The molecule has 0 aromatic heterocycles. The number of carbonyl (C=O) groups excluding carboxylic acids is 2. The minimum absolute atomic E-state index is 0.0203. The lowest BCUT2D eigenvalue weighted by Gasteiger charge is -2.08. The number of hydrogen-bond acceptors (Lipinski definition) is 7. The molecule has 0 aliphatic rings. The van der Waals surface area contributed by atoms with Crippen LogP contribution in [0.2, 0.25) is 0 Å². The molecule has 35 heavy (non-hydrogen) atoms. The molecule has 0 bridgehead atoms. The lowest BCUT2D eigenvalue weighted by Crippen LogP contribution is -2.25. The summed E-state index contributed by atoms with van der Waals surface area (Å²) in [7, 11) is 0. The maximum atomic E-state index is 12.4. The Morgan fingerprint density at radius 1 is 0.914 bits per heavy atom. The molecule has 4 rings (SSSR count). The Hall–Kier alpha value is -5.05. The fraction of sp³-hybridized carbons (Fsp3) is 0.0385. The van der Waals surface area contributed by atoms with Gasteiger partial charge in [0.05, 0.1) is 23.2 Å². The number of nitro benzene ring substituents is 1. The molecule has 9 nitrogen and oxygen atoms in total. The third-order valence-corrected chi connectivity index (χ3v) is 5.03. The number of para-hydroxylation sites is 1. The number of amides is 1. The largest absolute Gasteiger partial charge is 0.422 e. The van der Waals surface area contributed by atoms with Crippen LogP contribution >= 0.6 is 0 Å². The zero-order chi connectivity index (χ0) is 24.6. The fourth-order valence-corrected chi connectivity index (χ4v) is 3.25.